The van der Waals surface area contributed by atoms with E-state index < -0.39 is 5.82 Å². The van der Waals surface area contributed by atoms with Gasteiger partial charge in [-0.05, 0) is 23.8 Å². The fourth-order valence-electron chi connectivity index (χ4n) is 2.15. The number of halogens is 2. The van der Waals surface area contributed by atoms with Gasteiger partial charge in [-0.3, -0.25) is 4.79 Å². The Kier molecular flexibility index (Phi) is 6.94. The fraction of sp³-hybridized carbons (Fsp3) is 0.222. The Bertz CT molecular complexity index is 740. The number of amides is 3. The lowest BCUT2D eigenvalue weighted by Gasteiger charge is -2.18. The molecule has 2 aromatic carbocycles. The van der Waals surface area contributed by atoms with Gasteiger partial charge in [0, 0.05) is 31.0 Å². The van der Waals surface area contributed by atoms with Gasteiger partial charge in [0.25, 0.3) is 0 Å². The average Bonchev–Trinajstić information content (AvgIpc) is 2.58. The average molecular weight is 408 g/mol. The van der Waals surface area contributed by atoms with Gasteiger partial charge in [-0.25, -0.2) is 9.18 Å². The molecule has 0 aliphatic carbocycles. The molecule has 5 nitrogen and oxygen atoms in total. The van der Waals surface area contributed by atoms with Crippen LogP contribution in [-0.4, -0.2) is 30.4 Å². The van der Waals surface area contributed by atoms with Crippen molar-refractivity contribution in [3.63, 3.8) is 0 Å². The van der Waals surface area contributed by atoms with Crippen LogP contribution in [0.4, 0.5) is 14.9 Å². The van der Waals surface area contributed by atoms with Crippen LogP contribution < -0.4 is 10.6 Å². The van der Waals surface area contributed by atoms with E-state index in [1.54, 1.807) is 13.1 Å². The van der Waals surface area contributed by atoms with E-state index in [0.717, 1.165) is 5.56 Å². The zero-order chi connectivity index (χ0) is 18.2. The molecule has 3 amide bonds. The summed E-state index contributed by atoms with van der Waals surface area (Å²) in [6, 6.07) is 13.7. The van der Waals surface area contributed by atoms with Gasteiger partial charge in [0.1, 0.15) is 5.82 Å². The van der Waals surface area contributed by atoms with E-state index in [2.05, 4.69) is 26.6 Å². The number of hydrogen-bond donors (Lipinski definition) is 2. The van der Waals surface area contributed by atoms with Crippen LogP contribution in [0, 0.1) is 5.82 Å². The molecule has 0 heterocycles. The number of carbonyl (C=O) groups excluding carboxylic acids is 2. The maximum Gasteiger partial charge on any atom is 0.317 e. The first kappa shape index (κ1) is 18.9. The third kappa shape index (κ3) is 6.19. The molecule has 132 valence electrons. The van der Waals surface area contributed by atoms with E-state index in [9.17, 15) is 14.0 Å². The van der Waals surface area contributed by atoms with Crippen LogP contribution in [-0.2, 0) is 11.3 Å². The second-order valence-corrected chi connectivity index (χ2v) is 6.41. The highest BCUT2D eigenvalue weighted by molar-refractivity contribution is 9.10. The molecule has 0 aromatic heterocycles. The molecule has 2 rings (SSSR count). The Balaban J connectivity index is 1.73. The first-order valence-corrected chi connectivity index (χ1v) is 8.53. The lowest BCUT2D eigenvalue weighted by atomic mass is 10.2. The summed E-state index contributed by atoms with van der Waals surface area (Å²) in [6.07, 6.45) is 0.0560. The summed E-state index contributed by atoms with van der Waals surface area (Å²) in [6.45, 7) is 0.644. The maximum atomic E-state index is 13.7. The standard InChI is InChI=1S/C18H19BrFN3O2/c1-23(12-13-5-3-2-4-6-13)18(25)21-10-9-17(24)22-16-8-7-14(19)11-15(16)20/h2-8,11H,9-10,12H2,1H3,(H,21,25)(H,22,24). The molecule has 0 spiro atoms. The van der Waals surface area contributed by atoms with Gasteiger partial charge in [-0.15, -0.1) is 0 Å². The molecule has 0 aliphatic rings. The number of anilines is 1. The van der Waals surface area contributed by atoms with Gasteiger partial charge >= 0.3 is 6.03 Å². The fourth-order valence-corrected chi connectivity index (χ4v) is 2.48. The number of benzene rings is 2. The van der Waals surface area contributed by atoms with E-state index >= 15 is 0 Å². The molecule has 0 saturated carbocycles. The molecule has 7 heteroatoms. The molecule has 0 bridgehead atoms. The first-order chi connectivity index (χ1) is 12.0. The quantitative estimate of drug-likeness (QED) is 0.765. The van der Waals surface area contributed by atoms with E-state index in [4.69, 9.17) is 0 Å². The van der Waals surface area contributed by atoms with Gasteiger partial charge in [0.15, 0.2) is 0 Å². The third-order valence-corrected chi connectivity index (χ3v) is 3.94. The van der Waals surface area contributed by atoms with Crippen LogP contribution in [0.3, 0.4) is 0 Å². The number of nitrogens with zero attached hydrogens (tertiary/aromatic N) is 1. The first-order valence-electron chi connectivity index (χ1n) is 7.73. The SMILES string of the molecule is CN(Cc1ccccc1)C(=O)NCCC(=O)Nc1ccc(Br)cc1F. The number of nitrogens with one attached hydrogen (secondary N) is 2. The van der Waals surface area contributed by atoms with Gasteiger partial charge in [0.2, 0.25) is 5.91 Å². The molecule has 0 radical (unpaired) electrons. The van der Waals surface area contributed by atoms with Crippen LogP contribution in [0.2, 0.25) is 0 Å². The summed E-state index contributed by atoms with van der Waals surface area (Å²) >= 11 is 3.15. The van der Waals surface area contributed by atoms with Crippen molar-refractivity contribution in [2.45, 2.75) is 13.0 Å². The van der Waals surface area contributed by atoms with Crippen LogP contribution in [0.1, 0.15) is 12.0 Å². The molecule has 2 N–H and O–H groups in total. The van der Waals surface area contributed by atoms with E-state index in [-0.39, 0.29) is 30.6 Å². The summed E-state index contributed by atoms with van der Waals surface area (Å²) in [5.41, 5.74) is 1.13. The van der Waals surface area contributed by atoms with E-state index in [1.807, 2.05) is 30.3 Å². The van der Waals surface area contributed by atoms with Crippen molar-refractivity contribution in [1.29, 1.82) is 0 Å². The van der Waals surface area contributed by atoms with E-state index in [1.165, 1.54) is 17.0 Å². The van der Waals surface area contributed by atoms with Crippen LogP contribution in [0.5, 0.6) is 0 Å². The van der Waals surface area contributed by atoms with Crippen molar-refractivity contribution in [2.75, 3.05) is 18.9 Å². The molecule has 0 aliphatic heterocycles. The molecular weight excluding hydrogens is 389 g/mol. The summed E-state index contributed by atoms with van der Waals surface area (Å²) in [7, 11) is 1.68. The monoisotopic (exact) mass is 407 g/mol. The highest BCUT2D eigenvalue weighted by Gasteiger charge is 2.11. The highest BCUT2D eigenvalue weighted by Crippen LogP contribution is 2.19. The number of carbonyl (C=O) groups is 2. The lowest BCUT2D eigenvalue weighted by Crippen LogP contribution is -2.38. The Morgan fingerprint density at radius 2 is 1.88 bits per heavy atom. The van der Waals surface area contributed by atoms with Gasteiger partial charge in [0.05, 0.1) is 5.69 Å². The second kappa shape index (κ2) is 9.17. The minimum Gasteiger partial charge on any atom is -0.337 e. The smallest absolute Gasteiger partial charge is 0.317 e. The highest BCUT2D eigenvalue weighted by atomic mass is 79.9. The van der Waals surface area contributed by atoms with Crippen LogP contribution >= 0.6 is 15.9 Å². The number of hydrogen-bond acceptors (Lipinski definition) is 2. The van der Waals surface area contributed by atoms with E-state index in [0.29, 0.717) is 11.0 Å². The Morgan fingerprint density at radius 1 is 1.16 bits per heavy atom. The zero-order valence-electron chi connectivity index (χ0n) is 13.8. The molecule has 0 atom stereocenters. The van der Waals surface area contributed by atoms with Gasteiger partial charge < -0.3 is 15.5 Å². The molecule has 0 unspecified atom stereocenters. The van der Waals surface area contributed by atoms with Crippen molar-refractivity contribution in [3.8, 4) is 0 Å². The topological polar surface area (TPSA) is 61.4 Å². The van der Waals surface area contributed by atoms with Crippen molar-refractivity contribution < 1.29 is 14.0 Å². The van der Waals surface area contributed by atoms with Crippen LogP contribution in [0.15, 0.2) is 53.0 Å². The molecule has 2 aromatic rings. The minimum atomic E-state index is -0.519. The summed E-state index contributed by atoms with van der Waals surface area (Å²) in [5, 5.41) is 5.15. The minimum absolute atomic E-state index is 0.0560. The molecule has 0 saturated heterocycles. The normalized spacial score (nSPS) is 10.2. The maximum absolute atomic E-state index is 13.7. The van der Waals surface area contributed by atoms with Crippen molar-refractivity contribution in [3.05, 3.63) is 64.4 Å². The largest absolute Gasteiger partial charge is 0.337 e. The van der Waals surface area contributed by atoms with Crippen LogP contribution in [0.25, 0.3) is 0 Å². The summed E-state index contributed by atoms with van der Waals surface area (Å²) in [5.74, 6) is -0.887. The zero-order valence-corrected chi connectivity index (χ0v) is 15.3. The summed E-state index contributed by atoms with van der Waals surface area (Å²) < 4.78 is 14.2. The molecule has 0 fully saturated rings. The Hall–Kier alpha value is -2.41. The number of rotatable bonds is 6. The predicted molar refractivity (Wildman–Crippen MR) is 98.7 cm³/mol. The van der Waals surface area contributed by atoms with Gasteiger partial charge in [-0.1, -0.05) is 46.3 Å². The van der Waals surface area contributed by atoms with Crippen molar-refractivity contribution in [2.24, 2.45) is 0 Å². The van der Waals surface area contributed by atoms with Gasteiger partial charge in [-0.2, -0.15) is 0 Å². The Labute approximate surface area is 154 Å². The predicted octanol–water partition coefficient (Wildman–Crippen LogP) is 3.76. The summed E-state index contributed by atoms with van der Waals surface area (Å²) in [4.78, 5) is 25.4. The second-order valence-electron chi connectivity index (χ2n) is 5.50. The number of urea groups is 1. The van der Waals surface area contributed by atoms with Crippen molar-refractivity contribution in [1.82, 2.24) is 10.2 Å². The third-order valence-electron chi connectivity index (χ3n) is 3.44. The van der Waals surface area contributed by atoms with Crippen molar-refractivity contribution >= 4 is 33.6 Å². The lowest BCUT2D eigenvalue weighted by molar-refractivity contribution is -0.116. The Morgan fingerprint density at radius 3 is 2.56 bits per heavy atom. The molecular formula is C18H19BrFN3O2. The molecule has 25 heavy (non-hydrogen) atoms.